The predicted molar refractivity (Wildman–Crippen MR) is 105 cm³/mol. The summed E-state index contributed by atoms with van der Waals surface area (Å²) in [5.74, 6) is -0.370. The first-order chi connectivity index (χ1) is 12.7. The van der Waals surface area contributed by atoms with Crippen LogP contribution in [0, 0.1) is 0 Å². The van der Waals surface area contributed by atoms with Crippen molar-refractivity contribution in [3.8, 4) is 0 Å². The summed E-state index contributed by atoms with van der Waals surface area (Å²) in [7, 11) is 0. The van der Waals surface area contributed by atoms with Gasteiger partial charge in [0.1, 0.15) is 17.7 Å². The molecule has 1 aliphatic carbocycles. The number of nitrogen functional groups attached to an aromatic ring is 1. The minimum atomic E-state index is -0.700. The first-order valence-electron chi connectivity index (χ1n) is 9.77. The lowest BCUT2D eigenvalue weighted by atomic mass is 10.0. The molecule has 0 aliphatic heterocycles. The Kier molecular flexibility index (Phi) is 7.51. The molecule has 1 fully saturated rings. The summed E-state index contributed by atoms with van der Waals surface area (Å²) < 4.78 is 10.9. The van der Waals surface area contributed by atoms with Gasteiger partial charge in [-0.25, -0.2) is 9.59 Å². The van der Waals surface area contributed by atoms with Crippen LogP contribution in [0.2, 0.25) is 0 Å². The maximum absolute atomic E-state index is 12.6. The van der Waals surface area contributed by atoms with Gasteiger partial charge in [-0.2, -0.15) is 0 Å². The quantitative estimate of drug-likeness (QED) is 0.555. The highest BCUT2D eigenvalue weighted by atomic mass is 16.6. The monoisotopic (exact) mass is 376 g/mol. The molecule has 1 aromatic carbocycles. The largest absolute Gasteiger partial charge is 0.461 e. The van der Waals surface area contributed by atoms with Crippen molar-refractivity contribution in [1.29, 1.82) is 0 Å². The molecule has 3 N–H and O–H groups in total. The lowest BCUT2D eigenvalue weighted by Crippen LogP contribution is -2.45. The van der Waals surface area contributed by atoms with Gasteiger partial charge in [-0.3, -0.25) is 0 Å². The highest BCUT2D eigenvalue weighted by Crippen LogP contribution is 2.22. The number of benzene rings is 1. The van der Waals surface area contributed by atoms with E-state index in [0.29, 0.717) is 6.42 Å². The van der Waals surface area contributed by atoms with Crippen molar-refractivity contribution in [2.24, 2.45) is 0 Å². The zero-order valence-corrected chi connectivity index (χ0v) is 16.6. The third kappa shape index (κ3) is 7.89. The van der Waals surface area contributed by atoms with Crippen molar-refractivity contribution in [3.63, 3.8) is 0 Å². The Bertz CT molecular complexity index is 616. The maximum Gasteiger partial charge on any atom is 0.408 e. The summed E-state index contributed by atoms with van der Waals surface area (Å²) in [4.78, 5) is 24.7. The van der Waals surface area contributed by atoms with Gasteiger partial charge in [0.25, 0.3) is 0 Å². The minimum Gasteiger partial charge on any atom is -0.461 e. The fraction of sp³-hybridized carbons (Fsp3) is 0.619. The first kappa shape index (κ1) is 21.1. The van der Waals surface area contributed by atoms with Crippen LogP contribution >= 0.6 is 0 Å². The third-order valence-corrected chi connectivity index (χ3v) is 4.50. The molecule has 27 heavy (non-hydrogen) atoms. The molecular formula is C21H32N2O4. The van der Waals surface area contributed by atoms with Crippen molar-refractivity contribution >= 4 is 17.7 Å². The molecule has 1 saturated carbocycles. The second-order valence-electron chi connectivity index (χ2n) is 8.18. The van der Waals surface area contributed by atoms with E-state index in [9.17, 15) is 9.59 Å². The van der Waals surface area contributed by atoms with Crippen molar-refractivity contribution in [3.05, 3.63) is 29.8 Å². The van der Waals surface area contributed by atoms with Crippen molar-refractivity contribution in [2.45, 2.75) is 83.5 Å². The third-order valence-electron chi connectivity index (χ3n) is 4.50. The number of amides is 1. The summed E-state index contributed by atoms with van der Waals surface area (Å²) in [6, 6.07) is 6.97. The van der Waals surface area contributed by atoms with Crippen LogP contribution in [0.5, 0.6) is 0 Å². The number of esters is 1. The molecule has 0 heterocycles. The fourth-order valence-electron chi connectivity index (χ4n) is 3.15. The van der Waals surface area contributed by atoms with E-state index < -0.39 is 17.7 Å². The summed E-state index contributed by atoms with van der Waals surface area (Å²) in [6.45, 7) is 5.37. The summed E-state index contributed by atoms with van der Waals surface area (Å²) >= 11 is 0. The Balaban J connectivity index is 1.91. The number of aryl methyl sites for hydroxylation is 1. The topological polar surface area (TPSA) is 90.6 Å². The number of nitrogens with two attached hydrogens (primary N) is 1. The van der Waals surface area contributed by atoms with Gasteiger partial charge < -0.3 is 20.5 Å². The van der Waals surface area contributed by atoms with Gasteiger partial charge in [-0.15, -0.1) is 0 Å². The molecule has 2 rings (SSSR count). The van der Waals surface area contributed by atoms with Crippen molar-refractivity contribution in [1.82, 2.24) is 5.32 Å². The number of nitrogens with one attached hydrogen (secondary N) is 1. The standard InChI is InChI=1S/C21H32N2O4/c1-21(2,3)27-20(25)23-18(19(24)26-17-8-4-5-9-17)10-6-7-15-11-13-16(22)14-12-15/h11-14,17-18H,4-10,22H2,1-3H3,(H,23,25). The van der Waals surface area contributed by atoms with Gasteiger partial charge in [-0.05, 0) is 83.4 Å². The van der Waals surface area contributed by atoms with Gasteiger partial charge in [-0.1, -0.05) is 12.1 Å². The smallest absolute Gasteiger partial charge is 0.408 e. The zero-order chi connectivity index (χ0) is 19.9. The average Bonchev–Trinajstić information content (AvgIpc) is 3.07. The summed E-state index contributed by atoms with van der Waals surface area (Å²) in [6.07, 6.45) is 5.37. The predicted octanol–water partition coefficient (Wildman–Crippen LogP) is 3.97. The lowest BCUT2D eigenvalue weighted by molar-refractivity contribution is -0.151. The molecule has 1 unspecified atom stereocenters. The molecule has 0 bridgehead atoms. The molecule has 0 spiro atoms. The van der Waals surface area contributed by atoms with Gasteiger partial charge in [0.15, 0.2) is 0 Å². The van der Waals surface area contributed by atoms with Crippen LogP contribution < -0.4 is 11.1 Å². The van der Waals surface area contributed by atoms with Crippen LogP contribution in [0.15, 0.2) is 24.3 Å². The maximum atomic E-state index is 12.6. The molecule has 1 amide bonds. The number of carbonyl (C=O) groups excluding carboxylic acids is 2. The lowest BCUT2D eigenvalue weighted by Gasteiger charge is -2.24. The molecule has 6 heteroatoms. The average molecular weight is 376 g/mol. The van der Waals surface area contributed by atoms with E-state index in [1.807, 2.05) is 24.3 Å². The molecule has 1 aromatic rings. The molecule has 0 saturated heterocycles. The Hall–Kier alpha value is -2.24. The molecule has 1 aliphatic rings. The number of anilines is 1. The summed E-state index contributed by atoms with van der Waals surface area (Å²) in [5.41, 5.74) is 6.95. The van der Waals surface area contributed by atoms with Crippen LogP contribution in [0.3, 0.4) is 0 Å². The van der Waals surface area contributed by atoms with Crippen LogP contribution in [-0.2, 0) is 20.7 Å². The van der Waals surface area contributed by atoms with Gasteiger partial charge in [0, 0.05) is 5.69 Å². The van der Waals surface area contributed by atoms with E-state index in [1.165, 1.54) is 0 Å². The van der Waals surface area contributed by atoms with E-state index in [2.05, 4.69) is 5.32 Å². The number of hydrogen-bond acceptors (Lipinski definition) is 5. The number of rotatable bonds is 7. The Morgan fingerprint density at radius 2 is 1.81 bits per heavy atom. The molecular weight excluding hydrogens is 344 g/mol. The molecule has 0 aromatic heterocycles. The van der Waals surface area contributed by atoms with Crippen LogP contribution in [0.4, 0.5) is 10.5 Å². The van der Waals surface area contributed by atoms with Gasteiger partial charge in [0.2, 0.25) is 0 Å². The number of hydrogen-bond donors (Lipinski definition) is 2. The Morgan fingerprint density at radius 3 is 2.41 bits per heavy atom. The number of alkyl carbamates (subject to hydrolysis) is 1. The van der Waals surface area contributed by atoms with Crippen molar-refractivity contribution < 1.29 is 19.1 Å². The van der Waals surface area contributed by atoms with Crippen LogP contribution in [0.25, 0.3) is 0 Å². The van der Waals surface area contributed by atoms with Gasteiger partial charge in [0.05, 0.1) is 0 Å². The summed E-state index contributed by atoms with van der Waals surface area (Å²) in [5, 5.41) is 2.69. The number of carbonyl (C=O) groups is 2. The van der Waals surface area contributed by atoms with Crippen LogP contribution in [-0.4, -0.2) is 29.8 Å². The van der Waals surface area contributed by atoms with Gasteiger partial charge >= 0.3 is 12.1 Å². The van der Waals surface area contributed by atoms with E-state index in [-0.39, 0.29) is 12.1 Å². The normalized spacial score (nSPS) is 16.0. The highest BCUT2D eigenvalue weighted by molar-refractivity contribution is 5.81. The second-order valence-corrected chi connectivity index (χ2v) is 8.18. The molecule has 1 atom stereocenters. The van der Waals surface area contributed by atoms with Crippen LogP contribution in [0.1, 0.15) is 64.9 Å². The second kappa shape index (κ2) is 9.62. The van der Waals surface area contributed by atoms with E-state index in [4.69, 9.17) is 15.2 Å². The minimum absolute atomic E-state index is 0.0301. The Morgan fingerprint density at radius 1 is 1.19 bits per heavy atom. The van der Waals surface area contributed by atoms with E-state index in [1.54, 1.807) is 20.8 Å². The Labute approximate surface area is 161 Å². The highest BCUT2D eigenvalue weighted by Gasteiger charge is 2.28. The zero-order valence-electron chi connectivity index (χ0n) is 16.6. The van der Waals surface area contributed by atoms with E-state index in [0.717, 1.165) is 49.8 Å². The molecule has 6 nitrogen and oxygen atoms in total. The SMILES string of the molecule is CC(C)(C)OC(=O)NC(CCCc1ccc(N)cc1)C(=O)OC1CCCC1. The fourth-order valence-corrected chi connectivity index (χ4v) is 3.15. The first-order valence-corrected chi connectivity index (χ1v) is 9.77. The van der Waals surface area contributed by atoms with E-state index >= 15 is 0 Å². The van der Waals surface area contributed by atoms with Crippen molar-refractivity contribution in [2.75, 3.05) is 5.73 Å². The molecule has 150 valence electrons. The number of ether oxygens (including phenoxy) is 2. The molecule has 0 radical (unpaired) electrons.